The summed E-state index contributed by atoms with van der Waals surface area (Å²) in [6.07, 6.45) is 1.18. The maximum atomic E-state index is 11.7. The van der Waals surface area contributed by atoms with Gasteiger partial charge in [-0.2, -0.15) is 15.0 Å². The Morgan fingerprint density at radius 2 is 1.74 bits per heavy atom. The van der Waals surface area contributed by atoms with Crippen molar-refractivity contribution in [3.05, 3.63) is 54.1 Å². The number of hydrogen-bond acceptors (Lipinski definition) is 9. The van der Waals surface area contributed by atoms with E-state index in [-0.39, 0.29) is 4.90 Å². The molecule has 2 aromatic heterocycles. The number of aromatic amines is 1. The molecule has 0 aliphatic carbocycles. The molecule has 1 aliphatic rings. The number of benzene rings is 2. The summed E-state index contributed by atoms with van der Waals surface area (Å²) in [5, 5.41) is 6.47. The minimum absolute atomic E-state index is 0.252. The van der Waals surface area contributed by atoms with E-state index in [1.807, 2.05) is 31.2 Å². The van der Waals surface area contributed by atoms with Gasteiger partial charge in [-0.05, 0) is 48.9 Å². The predicted molar refractivity (Wildman–Crippen MR) is 132 cm³/mol. The Labute approximate surface area is 197 Å². The fourth-order valence-corrected chi connectivity index (χ4v) is 4.41. The fourth-order valence-electron chi connectivity index (χ4n) is 3.78. The van der Waals surface area contributed by atoms with Crippen molar-refractivity contribution in [1.82, 2.24) is 19.9 Å². The summed E-state index contributed by atoms with van der Waals surface area (Å²) in [6, 6.07) is 14.5. The number of aryl methyl sites for hydroxylation is 1. The van der Waals surface area contributed by atoms with Gasteiger partial charge in [0.15, 0.2) is 21.3 Å². The highest BCUT2D eigenvalue weighted by molar-refractivity contribution is 7.90. The lowest BCUT2D eigenvalue weighted by Crippen LogP contribution is -2.37. The van der Waals surface area contributed by atoms with E-state index in [1.54, 1.807) is 24.3 Å². The van der Waals surface area contributed by atoms with Crippen LogP contribution in [0, 0.1) is 6.92 Å². The number of anilines is 5. The molecule has 1 saturated heterocycles. The van der Waals surface area contributed by atoms with Gasteiger partial charge in [0.2, 0.25) is 11.9 Å². The molecule has 0 atom stereocenters. The van der Waals surface area contributed by atoms with Gasteiger partial charge in [-0.1, -0.05) is 12.1 Å². The molecule has 5 rings (SSSR count). The van der Waals surface area contributed by atoms with Crippen molar-refractivity contribution < 1.29 is 13.2 Å². The maximum Gasteiger partial charge on any atom is 0.231 e. The van der Waals surface area contributed by atoms with Gasteiger partial charge in [-0.25, -0.2) is 8.42 Å². The van der Waals surface area contributed by atoms with E-state index in [9.17, 15) is 8.42 Å². The Hall–Kier alpha value is -3.70. The molecule has 1 aliphatic heterocycles. The summed E-state index contributed by atoms with van der Waals surface area (Å²) < 4.78 is 29.0. The highest BCUT2D eigenvalue weighted by atomic mass is 32.2. The fraction of sp³-hybridized carbons (Fsp3) is 0.261. The molecule has 34 heavy (non-hydrogen) atoms. The first kappa shape index (κ1) is 22.1. The van der Waals surface area contributed by atoms with Crippen molar-refractivity contribution >= 4 is 50.1 Å². The smallest absolute Gasteiger partial charge is 0.231 e. The van der Waals surface area contributed by atoms with Gasteiger partial charge in [0.05, 0.1) is 18.1 Å². The molecule has 2 aromatic carbocycles. The first-order valence-corrected chi connectivity index (χ1v) is 12.8. The van der Waals surface area contributed by atoms with Crippen molar-refractivity contribution in [2.45, 2.75) is 11.8 Å². The van der Waals surface area contributed by atoms with Crippen LogP contribution in [-0.4, -0.2) is 60.9 Å². The second-order valence-corrected chi connectivity index (χ2v) is 10.2. The van der Waals surface area contributed by atoms with Crippen LogP contribution in [0.25, 0.3) is 11.2 Å². The van der Waals surface area contributed by atoms with Crippen LogP contribution < -0.4 is 15.5 Å². The van der Waals surface area contributed by atoms with Gasteiger partial charge in [0.25, 0.3) is 0 Å². The standard InChI is InChI=1S/C23H25N7O3S/c1-15-4-3-5-17(14-15)25-22-26-19-20(27-22)28-23(29-21(19)30-10-12-33-13-11-30)24-16-6-8-18(9-7-16)34(2,31)32/h3-9,14H,10-13H2,1-2H3,(H3,24,25,26,27,28,29). The molecule has 0 unspecified atom stereocenters. The number of hydrogen-bond donors (Lipinski definition) is 3. The second-order valence-electron chi connectivity index (χ2n) is 8.17. The van der Waals surface area contributed by atoms with E-state index in [0.717, 1.165) is 22.6 Å². The molecule has 0 spiro atoms. The Balaban J connectivity index is 1.50. The molecule has 10 nitrogen and oxygen atoms in total. The number of sulfone groups is 1. The highest BCUT2D eigenvalue weighted by Gasteiger charge is 2.20. The van der Waals surface area contributed by atoms with Gasteiger partial charge in [0, 0.05) is 30.7 Å². The Morgan fingerprint density at radius 3 is 2.44 bits per heavy atom. The van der Waals surface area contributed by atoms with Crippen LogP contribution >= 0.6 is 0 Å². The molecule has 0 saturated carbocycles. The summed E-state index contributed by atoms with van der Waals surface area (Å²) in [7, 11) is -3.27. The van der Waals surface area contributed by atoms with Gasteiger partial charge in [-0.15, -0.1) is 0 Å². The highest BCUT2D eigenvalue weighted by Crippen LogP contribution is 2.28. The lowest BCUT2D eigenvalue weighted by molar-refractivity contribution is 0.122. The van der Waals surface area contributed by atoms with Gasteiger partial charge < -0.3 is 25.3 Å². The number of imidazole rings is 1. The van der Waals surface area contributed by atoms with Crippen LogP contribution in [0.4, 0.5) is 29.1 Å². The van der Waals surface area contributed by atoms with Gasteiger partial charge in [0.1, 0.15) is 5.52 Å². The van der Waals surface area contributed by atoms with Crippen LogP contribution in [0.15, 0.2) is 53.4 Å². The zero-order valence-electron chi connectivity index (χ0n) is 18.9. The third kappa shape index (κ3) is 4.80. The molecular weight excluding hydrogens is 454 g/mol. The predicted octanol–water partition coefficient (Wildman–Crippen LogP) is 3.39. The van der Waals surface area contributed by atoms with E-state index in [0.29, 0.717) is 49.5 Å². The molecule has 0 amide bonds. The largest absolute Gasteiger partial charge is 0.378 e. The zero-order chi connectivity index (χ0) is 23.7. The average Bonchev–Trinajstić information content (AvgIpc) is 3.21. The van der Waals surface area contributed by atoms with Crippen molar-refractivity contribution in [3.63, 3.8) is 0 Å². The summed E-state index contributed by atoms with van der Waals surface area (Å²) in [6.45, 7) is 4.67. The summed E-state index contributed by atoms with van der Waals surface area (Å²) in [5.74, 6) is 1.67. The molecule has 3 N–H and O–H groups in total. The minimum Gasteiger partial charge on any atom is -0.378 e. The van der Waals surface area contributed by atoms with E-state index < -0.39 is 9.84 Å². The van der Waals surface area contributed by atoms with Crippen LogP contribution in [-0.2, 0) is 14.6 Å². The van der Waals surface area contributed by atoms with Crippen LogP contribution in [0.2, 0.25) is 0 Å². The minimum atomic E-state index is -3.27. The summed E-state index contributed by atoms with van der Waals surface area (Å²) in [4.78, 5) is 19.7. The first-order valence-electron chi connectivity index (χ1n) is 10.9. The topological polar surface area (TPSA) is 125 Å². The normalized spacial score (nSPS) is 14.4. The van der Waals surface area contributed by atoms with Crippen LogP contribution in [0.1, 0.15) is 5.56 Å². The number of H-pyrrole nitrogens is 1. The van der Waals surface area contributed by atoms with Crippen LogP contribution in [0.5, 0.6) is 0 Å². The van der Waals surface area contributed by atoms with E-state index in [4.69, 9.17) is 9.72 Å². The van der Waals surface area contributed by atoms with Gasteiger partial charge >= 0.3 is 0 Å². The molecule has 11 heteroatoms. The van der Waals surface area contributed by atoms with Crippen molar-refractivity contribution in [3.8, 4) is 0 Å². The number of rotatable bonds is 6. The molecule has 3 heterocycles. The maximum absolute atomic E-state index is 11.7. The molecule has 0 bridgehead atoms. The summed E-state index contributed by atoms with van der Waals surface area (Å²) in [5.41, 5.74) is 3.98. The zero-order valence-corrected chi connectivity index (χ0v) is 19.7. The van der Waals surface area contributed by atoms with E-state index in [2.05, 4.69) is 30.5 Å². The number of nitrogens with one attached hydrogen (secondary N) is 3. The molecule has 0 radical (unpaired) electrons. The summed E-state index contributed by atoms with van der Waals surface area (Å²) >= 11 is 0. The van der Waals surface area contributed by atoms with E-state index in [1.165, 1.54) is 6.26 Å². The number of morpholine rings is 1. The first-order chi connectivity index (χ1) is 16.3. The van der Waals surface area contributed by atoms with E-state index >= 15 is 0 Å². The number of nitrogens with zero attached hydrogens (tertiary/aromatic N) is 4. The molecule has 176 valence electrons. The molecule has 1 fully saturated rings. The Morgan fingerprint density at radius 1 is 0.971 bits per heavy atom. The average molecular weight is 480 g/mol. The number of ether oxygens (including phenoxy) is 1. The monoisotopic (exact) mass is 479 g/mol. The lowest BCUT2D eigenvalue weighted by Gasteiger charge is -2.28. The van der Waals surface area contributed by atoms with Crippen molar-refractivity contribution in [2.24, 2.45) is 0 Å². The van der Waals surface area contributed by atoms with Gasteiger partial charge in [-0.3, -0.25) is 0 Å². The SMILES string of the molecule is Cc1cccc(Nc2nc3nc(Nc4ccc(S(C)(=O)=O)cc4)nc(N4CCOCC4)c3[nH]2)c1. The van der Waals surface area contributed by atoms with Crippen molar-refractivity contribution in [2.75, 3.05) is 48.1 Å². The molecular formula is C23H25N7O3S. The third-order valence-electron chi connectivity index (χ3n) is 5.46. The number of aromatic nitrogens is 4. The third-order valence-corrected chi connectivity index (χ3v) is 6.59. The van der Waals surface area contributed by atoms with Crippen molar-refractivity contribution in [1.29, 1.82) is 0 Å². The Bertz CT molecular complexity index is 1430. The Kier molecular flexibility index (Phi) is 5.80. The number of fused-ring (bicyclic) bond motifs is 1. The second kappa shape index (κ2) is 8.92. The van der Waals surface area contributed by atoms with Crippen LogP contribution in [0.3, 0.4) is 0 Å². The molecule has 4 aromatic rings. The lowest BCUT2D eigenvalue weighted by atomic mass is 10.2. The quantitative estimate of drug-likeness (QED) is 0.381.